The molecular formula is C26H40N4Si2. The molecule has 0 bridgehead atoms. The Bertz CT molecular complexity index is 837. The Kier molecular flexibility index (Phi) is 8.12. The maximum atomic E-state index is 5.23. The van der Waals surface area contributed by atoms with Crippen LogP contribution in [-0.4, -0.2) is 37.2 Å². The monoisotopic (exact) mass is 464 g/mol. The zero-order valence-electron chi connectivity index (χ0n) is 20.8. The van der Waals surface area contributed by atoms with Crippen molar-refractivity contribution in [2.45, 2.75) is 78.1 Å². The van der Waals surface area contributed by atoms with Crippen molar-refractivity contribution in [2.24, 2.45) is 10.2 Å². The van der Waals surface area contributed by atoms with Crippen LogP contribution in [0.4, 0.5) is 0 Å². The molecule has 1 saturated carbocycles. The molecule has 0 heterocycles. The summed E-state index contributed by atoms with van der Waals surface area (Å²) in [5.74, 6) is 0. The minimum atomic E-state index is -1.59. The van der Waals surface area contributed by atoms with Crippen LogP contribution < -0.4 is 0 Å². The first-order valence-corrected chi connectivity index (χ1v) is 18.8. The van der Waals surface area contributed by atoms with Gasteiger partial charge in [0.05, 0.1) is 13.1 Å². The van der Waals surface area contributed by atoms with E-state index in [1.807, 2.05) is 0 Å². The third kappa shape index (κ3) is 7.45. The summed E-state index contributed by atoms with van der Waals surface area (Å²) in [5.41, 5.74) is 5.25. The normalized spacial score (nSPS) is 17.6. The van der Waals surface area contributed by atoms with Gasteiger partial charge in [0.1, 0.15) is 0 Å². The van der Waals surface area contributed by atoms with Gasteiger partial charge in [0.2, 0.25) is 0 Å². The highest BCUT2D eigenvalue weighted by Crippen LogP contribution is 2.22. The van der Waals surface area contributed by atoms with E-state index in [0.717, 1.165) is 38.8 Å². The highest BCUT2D eigenvalue weighted by Gasteiger charge is 2.27. The molecule has 32 heavy (non-hydrogen) atoms. The second-order valence-electron chi connectivity index (χ2n) is 10.8. The van der Waals surface area contributed by atoms with Crippen LogP contribution in [0, 0.1) is 0 Å². The van der Waals surface area contributed by atoms with E-state index in [9.17, 15) is 0 Å². The van der Waals surface area contributed by atoms with Crippen molar-refractivity contribution in [3.05, 3.63) is 71.8 Å². The minimum Gasteiger partial charge on any atom is -0.320 e. The number of hydrazone groups is 2. The third-order valence-corrected chi connectivity index (χ3v) is 9.38. The van der Waals surface area contributed by atoms with Crippen molar-refractivity contribution in [1.82, 2.24) is 9.35 Å². The van der Waals surface area contributed by atoms with Gasteiger partial charge in [0.15, 0.2) is 16.5 Å². The van der Waals surface area contributed by atoms with Crippen molar-refractivity contribution < 1.29 is 0 Å². The van der Waals surface area contributed by atoms with E-state index in [4.69, 9.17) is 10.2 Å². The van der Waals surface area contributed by atoms with Gasteiger partial charge in [-0.25, -0.2) is 0 Å². The molecule has 1 fully saturated rings. The topological polar surface area (TPSA) is 31.2 Å². The number of rotatable bonds is 8. The van der Waals surface area contributed by atoms with Gasteiger partial charge >= 0.3 is 0 Å². The molecule has 0 N–H and O–H groups in total. The van der Waals surface area contributed by atoms with E-state index >= 15 is 0 Å². The molecule has 1 aliphatic carbocycles. The zero-order chi connectivity index (χ0) is 23.2. The Morgan fingerprint density at radius 2 is 1.00 bits per heavy atom. The molecule has 0 atom stereocenters. The fraction of sp³-hybridized carbons (Fsp3) is 0.462. The Hall–Kier alpha value is -2.19. The van der Waals surface area contributed by atoms with Crippen molar-refractivity contribution in [1.29, 1.82) is 0 Å². The predicted octanol–water partition coefficient (Wildman–Crippen LogP) is 6.95. The number of benzene rings is 2. The van der Waals surface area contributed by atoms with Gasteiger partial charge in [0, 0.05) is 17.8 Å². The van der Waals surface area contributed by atoms with E-state index in [1.165, 1.54) is 22.6 Å². The first-order valence-electron chi connectivity index (χ1n) is 11.9. The molecule has 0 aromatic heterocycles. The number of hydrogen-bond donors (Lipinski definition) is 0. The SMILES string of the molecule is C[Si](C)(C)N(Cc1ccccc1)N=C1CCCC(=NN(Cc2ccccc2)[Si](C)(C)C)C1. The smallest absolute Gasteiger partial charge is 0.169 e. The predicted molar refractivity (Wildman–Crippen MR) is 144 cm³/mol. The van der Waals surface area contributed by atoms with Gasteiger partial charge in [-0.3, -0.25) is 0 Å². The molecule has 0 spiro atoms. The summed E-state index contributed by atoms with van der Waals surface area (Å²) in [6, 6.07) is 21.5. The highest BCUT2D eigenvalue weighted by atomic mass is 28.3. The lowest BCUT2D eigenvalue weighted by Crippen LogP contribution is -2.43. The maximum absolute atomic E-state index is 5.23. The summed E-state index contributed by atoms with van der Waals surface area (Å²) < 4.78 is 4.78. The Balaban J connectivity index is 1.79. The summed E-state index contributed by atoms with van der Waals surface area (Å²) in [5, 5.41) is 10.5. The second kappa shape index (κ2) is 10.6. The summed E-state index contributed by atoms with van der Waals surface area (Å²) in [7, 11) is -3.17. The van der Waals surface area contributed by atoms with E-state index in [-0.39, 0.29) is 0 Å². The summed E-state index contributed by atoms with van der Waals surface area (Å²) in [4.78, 5) is 0. The number of hydrogen-bond acceptors (Lipinski definition) is 4. The molecule has 6 heteroatoms. The highest BCUT2D eigenvalue weighted by molar-refractivity contribution is 6.73. The van der Waals surface area contributed by atoms with Crippen LogP contribution in [0.1, 0.15) is 36.8 Å². The van der Waals surface area contributed by atoms with Crippen LogP contribution in [-0.2, 0) is 13.1 Å². The quantitative estimate of drug-likeness (QED) is 0.313. The lowest BCUT2D eigenvalue weighted by Gasteiger charge is -2.34. The first-order chi connectivity index (χ1) is 15.1. The molecule has 0 unspecified atom stereocenters. The standard InChI is InChI=1S/C26H40N4Si2/c1-31(2,3)29(21-23-14-9-7-10-15-23)27-25-18-13-19-26(20-25)28-30(32(4,5)6)22-24-16-11-8-12-17-24/h7-12,14-17H,13,18-22H2,1-6H3. The van der Waals surface area contributed by atoms with Crippen molar-refractivity contribution in [3.63, 3.8) is 0 Å². The number of nitrogens with zero attached hydrogens (tertiary/aromatic N) is 4. The molecule has 0 radical (unpaired) electrons. The Morgan fingerprint density at radius 3 is 1.34 bits per heavy atom. The van der Waals surface area contributed by atoms with Crippen LogP contribution in [0.15, 0.2) is 70.9 Å². The lowest BCUT2D eigenvalue weighted by molar-refractivity contribution is 0.435. The molecule has 4 nitrogen and oxygen atoms in total. The summed E-state index contributed by atoms with van der Waals surface area (Å²) in [6.07, 6.45) is 4.22. The van der Waals surface area contributed by atoms with E-state index in [2.05, 4.69) is 109 Å². The van der Waals surface area contributed by atoms with Gasteiger partial charge in [-0.1, -0.05) is 99.9 Å². The van der Waals surface area contributed by atoms with Gasteiger partial charge in [0.25, 0.3) is 0 Å². The largest absolute Gasteiger partial charge is 0.320 e. The Labute approximate surface area is 197 Å². The zero-order valence-corrected chi connectivity index (χ0v) is 22.8. The summed E-state index contributed by atoms with van der Waals surface area (Å²) in [6.45, 7) is 16.1. The molecule has 1 aliphatic rings. The molecule has 2 aromatic rings. The summed E-state index contributed by atoms with van der Waals surface area (Å²) >= 11 is 0. The average molecular weight is 465 g/mol. The van der Waals surface area contributed by atoms with Gasteiger partial charge < -0.3 is 9.35 Å². The van der Waals surface area contributed by atoms with Gasteiger partial charge in [-0.15, -0.1) is 0 Å². The molecule has 3 rings (SSSR count). The van der Waals surface area contributed by atoms with E-state index in [0.29, 0.717) is 0 Å². The van der Waals surface area contributed by atoms with E-state index in [1.54, 1.807) is 0 Å². The fourth-order valence-corrected chi connectivity index (χ4v) is 5.98. The van der Waals surface area contributed by atoms with Crippen LogP contribution in [0.5, 0.6) is 0 Å². The van der Waals surface area contributed by atoms with Crippen molar-refractivity contribution >= 4 is 27.9 Å². The average Bonchev–Trinajstić information content (AvgIpc) is 2.73. The lowest BCUT2D eigenvalue weighted by atomic mass is 9.97. The van der Waals surface area contributed by atoms with Crippen molar-refractivity contribution in [3.8, 4) is 0 Å². The van der Waals surface area contributed by atoms with Crippen LogP contribution in [0.25, 0.3) is 0 Å². The molecule has 0 saturated heterocycles. The first kappa shape index (κ1) is 24.5. The van der Waals surface area contributed by atoms with Crippen LogP contribution >= 0.6 is 0 Å². The van der Waals surface area contributed by atoms with Crippen LogP contribution in [0.3, 0.4) is 0 Å². The molecule has 0 aliphatic heterocycles. The van der Waals surface area contributed by atoms with E-state index < -0.39 is 16.5 Å². The minimum absolute atomic E-state index is 0.890. The fourth-order valence-electron chi connectivity index (χ4n) is 3.78. The molecule has 172 valence electrons. The van der Waals surface area contributed by atoms with Gasteiger partial charge in [-0.05, 0) is 30.4 Å². The van der Waals surface area contributed by atoms with Gasteiger partial charge in [-0.2, -0.15) is 10.2 Å². The van der Waals surface area contributed by atoms with Crippen LogP contribution in [0.2, 0.25) is 39.3 Å². The van der Waals surface area contributed by atoms with Crippen molar-refractivity contribution in [2.75, 3.05) is 0 Å². The maximum Gasteiger partial charge on any atom is 0.169 e. The Morgan fingerprint density at radius 1 is 0.625 bits per heavy atom. The molecule has 0 amide bonds. The third-order valence-electron chi connectivity index (χ3n) is 5.76. The second-order valence-corrected chi connectivity index (χ2v) is 20.5. The molecular weight excluding hydrogens is 424 g/mol. The molecule has 2 aromatic carbocycles.